The van der Waals surface area contributed by atoms with Gasteiger partial charge in [0, 0.05) is 13.1 Å². The Hall–Kier alpha value is -1.95. The molecule has 0 bridgehead atoms. The predicted molar refractivity (Wildman–Crippen MR) is 68.8 cm³/mol. The number of benzene rings is 1. The number of carbonyl (C=O) groups is 2. The molecule has 1 rings (SSSR count). The number of nitrogens with two attached hydrogens (primary N) is 1. The number of halogens is 1. The zero-order valence-corrected chi connectivity index (χ0v) is 10.8. The molecule has 98 valence electrons. The van der Waals surface area contributed by atoms with Gasteiger partial charge in [-0.1, -0.05) is 11.6 Å². The van der Waals surface area contributed by atoms with Crippen molar-refractivity contribution in [3.05, 3.63) is 22.7 Å². The molecule has 0 aliphatic carbocycles. The topological polar surface area (TPSA) is 93.5 Å². The first kappa shape index (κ1) is 14.1. The van der Waals surface area contributed by atoms with Crippen molar-refractivity contribution in [3.8, 4) is 5.75 Å². The summed E-state index contributed by atoms with van der Waals surface area (Å²) in [4.78, 5) is 22.9. The van der Waals surface area contributed by atoms with Gasteiger partial charge in [-0.05, 0) is 6.07 Å². The molecular weight excluding hydrogens is 258 g/mol. The van der Waals surface area contributed by atoms with E-state index < -0.39 is 5.91 Å². The minimum absolute atomic E-state index is 0.125. The van der Waals surface area contributed by atoms with E-state index in [-0.39, 0.29) is 23.0 Å². The van der Waals surface area contributed by atoms with E-state index in [4.69, 9.17) is 22.1 Å². The highest BCUT2D eigenvalue weighted by Crippen LogP contribution is 2.28. The normalized spacial score (nSPS) is 9.72. The summed E-state index contributed by atoms with van der Waals surface area (Å²) < 4.78 is 5.04. The number of anilines is 1. The number of methoxy groups -OCH3 is 1. The number of amides is 2. The van der Waals surface area contributed by atoms with E-state index in [1.54, 1.807) is 0 Å². The zero-order chi connectivity index (χ0) is 13.7. The maximum Gasteiger partial charge on any atom is 0.255 e. The Balaban J connectivity index is 2.91. The Morgan fingerprint density at radius 2 is 2.11 bits per heavy atom. The molecule has 0 fully saturated rings. The van der Waals surface area contributed by atoms with Gasteiger partial charge in [0.15, 0.2) is 0 Å². The minimum atomic E-state index is -0.461. The van der Waals surface area contributed by atoms with Crippen LogP contribution in [0.2, 0.25) is 5.02 Å². The standard InChI is InChI=1S/C11H14ClN3O3/c1-14-10(16)5-15-11(17)6-3-7(12)8(13)4-9(6)18-2/h3-4H,5,13H2,1-2H3,(H,14,16)(H,15,17). The molecule has 1 aromatic carbocycles. The Labute approximate surface area is 109 Å². The summed E-state index contributed by atoms with van der Waals surface area (Å²) in [6.07, 6.45) is 0. The van der Waals surface area contributed by atoms with Crippen molar-refractivity contribution in [2.75, 3.05) is 26.4 Å². The molecule has 6 nitrogen and oxygen atoms in total. The molecule has 4 N–H and O–H groups in total. The van der Waals surface area contributed by atoms with E-state index >= 15 is 0 Å². The van der Waals surface area contributed by atoms with Crippen LogP contribution in [0.15, 0.2) is 12.1 Å². The van der Waals surface area contributed by atoms with Crippen LogP contribution >= 0.6 is 11.6 Å². The molecule has 7 heteroatoms. The van der Waals surface area contributed by atoms with Crippen molar-refractivity contribution in [1.29, 1.82) is 0 Å². The highest BCUT2D eigenvalue weighted by Gasteiger charge is 2.15. The molecule has 0 aliphatic rings. The third kappa shape index (κ3) is 3.27. The number of hydrogen-bond acceptors (Lipinski definition) is 4. The van der Waals surface area contributed by atoms with Gasteiger partial charge >= 0.3 is 0 Å². The van der Waals surface area contributed by atoms with Gasteiger partial charge in [0.25, 0.3) is 5.91 Å². The average molecular weight is 272 g/mol. The maximum absolute atomic E-state index is 11.8. The van der Waals surface area contributed by atoms with Gasteiger partial charge in [0.05, 0.1) is 29.9 Å². The summed E-state index contributed by atoms with van der Waals surface area (Å²) in [6, 6.07) is 2.85. The molecule has 0 atom stereocenters. The van der Waals surface area contributed by atoms with Crippen LogP contribution in [-0.4, -0.2) is 32.5 Å². The first-order valence-electron chi connectivity index (χ1n) is 5.11. The number of carbonyl (C=O) groups excluding carboxylic acids is 2. The molecule has 0 unspecified atom stereocenters. The molecule has 0 heterocycles. The lowest BCUT2D eigenvalue weighted by Gasteiger charge is -2.10. The van der Waals surface area contributed by atoms with Crippen molar-refractivity contribution >= 4 is 29.1 Å². The van der Waals surface area contributed by atoms with Crippen LogP contribution in [0.4, 0.5) is 5.69 Å². The van der Waals surface area contributed by atoms with Crippen LogP contribution in [0.25, 0.3) is 0 Å². The third-order valence-electron chi connectivity index (χ3n) is 2.25. The molecule has 0 aromatic heterocycles. The first-order chi connectivity index (χ1) is 8.49. The lowest BCUT2D eigenvalue weighted by atomic mass is 10.1. The van der Waals surface area contributed by atoms with Crippen molar-refractivity contribution in [2.24, 2.45) is 0 Å². The number of ether oxygens (including phenoxy) is 1. The molecule has 0 aliphatic heterocycles. The highest BCUT2D eigenvalue weighted by atomic mass is 35.5. The van der Waals surface area contributed by atoms with Gasteiger partial charge in [-0.3, -0.25) is 9.59 Å². The van der Waals surface area contributed by atoms with Crippen molar-refractivity contribution in [2.45, 2.75) is 0 Å². The fourth-order valence-electron chi connectivity index (χ4n) is 1.26. The molecule has 0 saturated heterocycles. The smallest absolute Gasteiger partial charge is 0.255 e. The van der Waals surface area contributed by atoms with Crippen molar-refractivity contribution in [1.82, 2.24) is 10.6 Å². The number of rotatable bonds is 4. The number of hydrogen-bond donors (Lipinski definition) is 3. The highest BCUT2D eigenvalue weighted by molar-refractivity contribution is 6.33. The Morgan fingerprint density at radius 3 is 2.67 bits per heavy atom. The largest absolute Gasteiger partial charge is 0.496 e. The summed E-state index contributed by atoms with van der Waals surface area (Å²) >= 11 is 5.84. The molecule has 0 saturated carbocycles. The second kappa shape index (κ2) is 6.11. The summed E-state index contributed by atoms with van der Waals surface area (Å²) in [6.45, 7) is -0.125. The molecule has 1 aromatic rings. The minimum Gasteiger partial charge on any atom is -0.496 e. The molecular formula is C11H14ClN3O3. The van der Waals surface area contributed by atoms with Crippen molar-refractivity contribution in [3.63, 3.8) is 0 Å². The Bertz CT molecular complexity index is 477. The summed E-state index contributed by atoms with van der Waals surface area (Å²) in [7, 11) is 2.90. The number of likely N-dealkylation sites (N-methyl/N-ethyl adjacent to an activating group) is 1. The van der Waals surface area contributed by atoms with Crippen LogP contribution in [0.5, 0.6) is 5.75 Å². The molecule has 2 amide bonds. The molecule has 0 spiro atoms. The van der Waals surface area contributed by atoms with E-state index in [1.165, 1.54) is 26.3 Å². The van der Waals surface area contributed by atoms with Gasteiger partial charge in [-0.15, -0.1) is 0 Å². The van der Waals surface area contributed by atoms with Crippen LogP contribution in [0.3, 0.4) is 0 Å². The van der Waals surface area contributed by atoms with Crippen LogP contribution in [-0.2, 0) is 4.79 Å². The fraction of sp³-hybridized carbons (Fsp3) is 0.273. The SMILES string of the molecule is CNC(=O)CNC(=O)c1cc(Cl)c(N)cc1OC. The second-order valence-electron chi connectivity index (χ2n) is 3.43. The summed E-state index contributed by atoms with van der Waals surface area (Å²) in [5, 5.41) is 5.08. The van der Waals surface area contributed by atoms with E-state index in [2.05, 4.69) is 10.6 Å². The molecule has 18 heavy (non-hydrogen) atoms. The quantitative estimate of drug-likeness (QED) is 0.691. The molecule has 0 radical (unpaired) electrons. The van der Waals surface area contributed by atoms with Crippen molar-refractivity contribution < 1.29 is 14.3 Å². The van der Waals surface area contributed by atoms with Gasteiger partial charge < -0.3 is 21.1 Å². The average Bonchev–Trinajstić information content (AvgIpc) is 2.37. The zero-order valence-electron chi connectivity index (χ0n) is 10.0. The van der Waals surface area contributed by atoms with Crippen LogP contribution in [0, 0.1) is 0 Å². The van der Waals surface area contributed by atoms with E-state index in [0.717, 1.165) is 0 Å². The monoisotopic (exact) mass is 271 g/mol. The van der Waals surface area contributed by atoms with Gasteiger partial charge in [0.1, 0.15) is 5.75 Å². The van der Waals surface area contributed by atoms with Gasteiger partial charge in [-0.25, -0.2) is 0 Å². The van der Waals surface area contributed by atoms with E-state index in [1.807, 2.05) is 0 Å². The van der Waals surface area contributed by atoms with Gasteiger partial charge in [0.2, 0.25) is 5.91 Å². The summed E-state index contributed by atoms with van der Waals surface area (Å²) in [5.74, 6) is -0.465. The van der Waals surface area contributed by atoms with Crippen LogP contribution in [0.1, 0.15) is 10.4 Å². The third-order valence-corrected chi connectivity index (χ3v) is 2.58. The summed E-state index contributed by atoms with van der Waals surface area (Å²) in [5.41, 5.74) is 6.14. The lowest BCUT2D eigenvalue weighted by Crippen LogP contribution is -2.35. The number of nitrogen functional groups attached to an aromatic ring is 1. The van der Waals surface area contributed by atoms with E-state index in [9.17, 15) is 9.59 Å². The van der Waals surface area contributed by atoms with Gasteiger partial charge in [-0.2, -0.15) is 0 Å². The Morgan fingerprint density at radius 1 is 1.44 bits per heavy atom. The van der Waals surface area contributed by atoms with E-state index in [0.29, 0.717) is 11.4 Å². The fourth-order valence-corrected chi connectivity index (χ4v) is 1.42. The second-order valence-corrected chi connectivity index (χ2v) is 3.84. The number of nitrogens with one attached hydrogen (secondary N) is 2. The first-order valence-corrected chi connectivity index (χ1v) is 5.49. The van der Waals surface area contributed by atoms with Crippen LogP contribution < -0.4 is 21.1 Å². The Kier molecular flexibility index (Phi) is 4.79. The predicted octanol–water partition coefficient (Wildman–Crippen LogP) is 0.407. The lowest BCUT2D eigenvalue weighted by molar-refractivity contribution is -0.119. The maximum atomic E-state index is 11.8.